The molecule has 0 radical (unpaired) electrons. The zero-order valence-electron chi connectivity index (χ0n) is 16.5. The fourth-order valence-corrected chi connectivity index (χ4v) is 3.30. The fraction of sp³-hybridized carbons (Fsp3) is 0.238. The molecule has 0 aliphatic rings. The van der Waals surface area contributed by atoms with Crippen LogP contribution in [0.25, 0.3) is 10.9 Å². The second kappa shape index (κ2) is 8.97. The number of ether oxygens (including phenoxy) is 1. The molecule has 0 spiro atoms. The van der Waals surface area contributed by atoms with E-state index in [1.54, 1.807) is 30.3 Å². The van der Waals surface area contributed by atoms with E-state index < -0.39 is 12.1 Å². The molecule has 0 fully saturated rings. The molecule has 1 heterocycles. The number of nitrogens with zero attached hydrogens (tertiary/aromatic N) is 3. The second-order valence-corrected chi connectivity index (χ2v) is 8.26. The highest BCUT2D eigenvalue weighted by Crippen LogP contribution is 2.26. The highest BCUT2D eigenvalue weighted by Gasteiger charge is 2.15. The van der Waals surface area contributed by atoms with Crippen LogP contribution in [-0.2, 0) is 4.79 Å². The summed E-state index contributed by atoms with van der Waals surface area (Å²) < 4.78 is 7.37. The Balaban J connectivity index is 2.00. The van der Waals surface area contributed by atoms with Gasteiger partial charge in [0.25, 0.3) is 5.56 Å². The quantitative estimate of drug-likeness (QED) is 0.505. The van der Waals surface area contributed by atoms with Gasteiger partial charge in [-0.2, -0.15) is 9.78 Å². The van der Waals surface area contributed by atoms with Gasteiger partial charge in [0.2, 0.25) is 0 Å². The van der Waals surface area contributed by atoms with E-state index >= 15 is 0 Å². The molecule has 0 aliphatic heterocycles. The average molecular weight is 493 g/mol. The number of rotatable bonds is 6. The van der Waals surface area contributed by atoms with Gasteiger partial charge in [-0.05, 0) is 48.9 Å². The first-order valence-corrected chi connectivity index (χ1v) is 10.3. The third-order valence-corrected chi connectivity index (χ3v) is 5.07. The Bertz CT molecular complexity index is 1210. The van der Waals surface area contributed by atoms with Gasteiger partial charge in [0.05, 0.1) is 22.1 Å². The van der Waals surface area contributed by atoms with Crippen LogP contribution >= 0.6 is 27.5 Å². The smallest absolute Gasteiger partial charge is 0.344 e. The SMILES string of the molecule is CC(C)c1nc2ccc(Br)cc2c(=O)n1N=Cc1ccc(O[C@@H](C)C(=O)O)c(Cl)c1. The minimum atomic E-state index is -1.09. The molecule has 30 heavy (non-hydrogen) atoms. The average Bonchev–Trinajstić information content (AvgIpc) is 2.69. The predicted octanol–water partition coefficient (Wildman–Crippen LogP) is 4.67. The van der Waals surface area contributed by atoms with Crippen molar-refractivity contribution in [3.63, 3.8) is 0 Å². The Kier molecular flexibility index (Phi) is 6.58. The molecular formula is C21H19BrClN3O4. The largest absolute Gasteiger partial charge is 0.479 e. The number of carboxylic acids is 1. The zero-order valence-corrected chi connectivity index (χ0v) is 18.8. The van der Waals surface area contributed by atoms with E-state index in [4.69, 9.17) is 21.4 Å². The van der Waals surface area contributed by atoms with Crippen molar-refractivity contribution < 1.29 is 14.6 Å². The van der Waals surface area contributed by atoms with Gasteiger partial charge in [-0.1, -0.05) is 41.4 Å². The summed E-state index contributed by atoms with van der Waals surface area (Å²) in [5.41, 5.74) is 0.948. The Morgan fingerprint density at radius 1 is 1.27 bits per heavy atom. The van der Waals surface area contributed by atoms with Crippen LogP contribution in [0.15, 0.2) is 50.8 Å². The molecular weight excluding hydrogens is 474 g/mol. The molecule has 0 unspecified atom stereocenters. The summed E-state index contributed by atoms with van der Waals surface area (Å²) in [7, 11) is 0. The minimum Gasteiger partial charge on any atom is -0.479 e. The number of halogens is 2. The summed E-state index contributed by atoms with van der Waals surface area (Å²) >= 11 is 9.58. The molecule has 1 aromatic heterocycles. The molecule has 3 aromatic rings. The van der Waals surface area contributed by atoms with Gasteiger partial charge >= 0.3 is 5.97 Å². The Hall–Kier alpha value is -2.71. The van der Waals surface area contributed by atoms with Crippen molar-refractivity contribution in [2.24, 2.45) is 5.10 Å². The van der Waals surface area contributed by atoms with E-state index in [1.165, 1.54) is 17.8 Å². The van der Waals surface area contributed by atoms with Gasteiger partial charge in [-0.15, -0.1) is 0 Å². The van der Waals surface area contributed by atoms with Crippen molar-refractivity contribution in [3.8, 4) is 5.75 Å². The standard InChI is InChI=1S/C21H19BrClN3O4/c1-11(2)19-25-17-6-5-14(22)9-15(17)20(27)26(19)24-10-13-4-7-18(16(23)8-13)30-12(3)21(28)29/h4-12H,1-3H3,(H,28,29)/t12-/m0/s1. The molecule has 156 valence electrons. The van der Waals surface area contributed by atoms with E-state index in [0.29, 0.717) is 22.3 Å². The number of benzene rings is 2. The molecule has 2 aromatic carbocycles. The van der Waals surface area contributed by atoms with E-state index in [2.05, 4.69) is 26.0 Å². The van der Waals surface area contributed by atoms with Crippen LogP contribution in [0.1, 0.15) is 38.1 Å². The lowest BCUT2D eigenvalue weighted by Gasteiger charge is -2.13. The molecule has 0 amide bonds. The molecule has 0 saturated heterocycles. The lowest BCUT2D eigenvalue weighted by molar-refractivity contribution is -0.144. The third kappa shape index (κ3) is 4.71. The first kappa shape index (κ1) is 22.0. The normalized spacial score (nSPS) is 12.6. The molecule has 9 heteroatoms. The fourth-order valence-electron chi connectivity index (χ4n) is 2.71. The Labute approximate surface area is 186 Å². The molecule has 7 nitrogen and oxygen atoms in total. The van der Waals surface area contributed by atoms with Crippen LogP contribution in [0.3, 0.4) is 0 Å². The summed E-state index contributed by atoms with van der Waals surface area (Å²) in [6, 6.07) is 10.2. The summed E-state index contributed by atoms with van der Waals surface area (Å²) in [6.07, 6.45) is 0.465. The maximum absolute atomic E-state index is 13.0. The van der Waals surface area contributed by atoms with Crippen LogP contribution < -0.4 is 10.3 Å². The van der Waals surface area contributed by atoms with Gasteiger partial charge in [0, 0.05) is 10.4 Å². The van der Waals surface area contributed by atoms with E-state index in [1.807, 2.05) is 19.9 Å². The molecule has 0 bridgehead atoms. The monoisotopic (exact) mass is 491 g/mol. The van der Waals surface area contributed by atoms with Gasteiger partial charge in [-0.25, -0.2) is 9.78 Å². The maximum Gasteiger partial charge on any atom is 0.344 e. The van der Waals surface area contributed by atoms with E-state index in [-0.39, 0.29) is 22.2 Å². The zero-order chi connectivity index (χ0) is 22.0. The van der Waals surface area contributed by atoms with Gasteiger partial charge in [-0.3, -0.25) is 4.79 Å². The summed E-state index contributed by atoms with van der Waals surface area (Å²) in [5, 5.41) is 14.0. The molecule has 3 rings (SSSR count). The Morgan fingerprint density at radius 2 is 2.00 bits per heavy atom. The topological polar surface area (TPSA) is 93.8 Å². The van der Waals surface area contributed by atoms with Crippen molar-refractivity contribution in [1.29, 1.82) is 0 Å². The lowest BCUT2D eigenvalue weighted by atomic mass is 10.2. The van der Waals surface area contributed by atoms with Crippen molar-refractivity contribution in [2.45, 2.75) is 32.8 Å². The highest BCUT2D eigenvalue weighted by molar-refractivity contribution is 9.10. The number of aromatic nitrogens is 2. The van der Waals surface area contributed by atoms with E-state index in [9.17, 15) is 9.59 Å². The van der Waals surface area contributed by atoms with Crippen LogP contribution in [-0.4, -0.2) is 33.1 Å². The Morgan fingerprint density at radius 3 is 2.63 bits per heavy atom. The molecule has 0 aliphatic carbocycles. The predicted molar refractivity (Wildman–Crippen MR) is 120 cm³/mol. The van der Waals surface area contributed by atoms with Crippen molar-refractivity contribution in [2.75, 3.05) is 0 Å². The first-order valence-electron chi connectivity index (χ1n) is 9.13. The highest BCUT2D eigenvalue weighted by atomic mass is 79.9. The van der Waals surface area contributed by atoms with Crippen LogP contribution in [0.2, 0.25) is 5.02 Å². The van der Waals surface area contributed by atoms with Crippen LogP contribution in [0.5, 0.6) is 5.75 Å². The van der Waals surface area contributed by atoms with Gasteiger partial charge < -0.3 is 9.84 Å². The maximum atomic E-state index is 13.0. The van der Waals surface area contributed by atoms with Gasteiger partial charge in [0.1, 0.15) is 11.6 Å². The molecule has 0 saturated carbocycles. The van der Waals surface area contributed by atoms with Crippen LogP contribution in [0, 0.1) is 0 Å². The van der Waals surface area contributed by atoms with E-state index in [0.717, 1.165) is 4.47 Å². The molecule has 1 atom stereocenters. The summed E-state index contributed by atoms with van der Waals surface area (Å²) in [5.74, 6) is -0.333. The first-order chi connectivity index (χ1) is 14.2. The summed E-state index contributed by atoms with van der Waals surface area (Å²) in [4.78, 5) is 28.6. The number of hydrogen-bond acceptors (Lipinski definition) is 5. The number of carboxylic acid groups (broad SMARTS) is 1. The number of aliphatic carboxylic acids is 1. The number of carbonyl (C=O) groups is 1. The van der Waals surface area contributed by atoms with Crippen LogP contribution in [0.4, 0.5) is 0 Å². The van der Waals surface area contributed by atoms with Crippen molar-refractivity contribution in [1.82, 2.24) is 9.66 Å². The number of hydrogen-bond donors (Lipinski definition) is 1. The summed E-state index contributed by atoms with van der Waals surface area (Å²) in [6.45, 7) is 5.29. The third-order valence-electron chi connectivity index (χ3n) is 4.28. The number of fused-ring (bicyclic) bond motifs is 1. The lowest BCUT2D eigenvalue weighted by Crippen LogP contribution is -2.23. The van der Waals surface area contributed by atoms with Gasteiger partial charge in [0.15, 0.2) is 6.10 Å². The second-order valence-electron chi connectivity index (χ2n) is 6.94. The minimum absolute atomic E-state index is 0.0280. The van der Waals surface area contributed by atoms with Crippen molar-refractivity contribution in [3.05, 3.63) is 67.6 Å². The molecule has 1 N–H and O–H groups in total. The van der Waals surface area contributed by atoms with Crippen molar-refractivity contribution >= 4 is 50.6 Å².